The first-order valence-electron chi connectivity index (χ1n) is 5.49. The predicted molar refractivity (Wildman–Crippen MR) is 61.4 cm³/mol. The minimum absolute atomic E-state index is 0.0842. The molecule has 2 unspecified atom stereocenters. The van der Waals surface area contributed by atoms with E-state index in [1.54, 1.807) is 6.92 Å². The second-order valence-electron chi connectivity index (χ2n) is 4.40. The number of nitrogens with one attached hydrogen (secondary N) is 1. The van der Waals surface area contributed by atoms with Crippen LogP contribution in [0.5, 0.6) is 0 Å². The van der Waals surface area contributed by atoms with E-state index in [1.807, 2.05) is 13.8 Å². The second kappa shape index (κ2) is 5.48. The van der Waals surface area contributed by atoms with Crippen LogP contribution in [0, 0.1) is 5.92 Å². The second-order valence-corrected chi connectivity index (χ2v) is 5.56. The number of halogens is 3. The third-order valence-electron chi connectivity index (χ3n) is 2.64. The topological polar surface area (TPSA) is 32.3 Å². The van der Waals surface area contributed by atoms with Gasteiger partial charge in [-0.3, -0.25) is 10.1 Å². The summed E-state index contributed by atoms with van der Waals surface area (Å²) in [6, 6.07) is -0.307. The Balaban J connectivity index is 2.52. The summed E-state index contributed by atoms with van der Waals surface area (Å²) in [6.45, 7) is 5.73. The number of alkyl halides is 3. The van der Waals surface area contributed by atoms with E-state index < -0.39 is 5.51 Å². The molecule has 1 aliphatic heterocycles. The molecule has 0 saturated carbocycles. The summed E-state index contributed by atoms with van der Waals surface area (Å²) in [7, 11) is 0. The van der Waals surface area contributed by atoms with Gasteiger partial charge in [-0.05, 0) is 24.6 Å². The molecule has 100 valence electrons. The maximum absolute atomic E-state index is 12.0. The standard InChI is InChI=1S/C10H17F3N2OS/c1-6(2)8-14-7(3)9(16)15(8)4-5-17-10(11,12)13/h6-8,14H,4-5H2,1-3H3. The van der Waals surface area contributed by atoms with Crippen molar-refractivity contribution < 1.29 is 18.0 Å². The highest BCUT2D eigenvalue weighted by Crippen LogP contribution is 2.30. The van der Waals surface area contributed by atoms with Gasteiger partial charge >= 0.3 is 5.51 Å². The lowest BCUT2D eigenvalue weighted by molar-refractivity contribution is -0.130. The van der Waals surface area contributed by atoms with Crippen LogP contribution in [-0.2, 0) is 4.79 Å². The van der Waals surface area contributed by atoms with Crippen molar-refractivity contribution in [2.45, 2.75) is 38.5 Å². The number of nitrogens with zero attached hydrogens (tertiary/aromatic N) is 1. The Hall–Kier alpha value is -0.430. The zero-order chi connectivity index (χ0) is 13.2. The number of rotatable bonds is 4. The van der Waals surface area contributed by atoms with Gasteiger partial charge in [-0.15, -0.1) is 0 Å². The fraction of sp³-hybridized carbons (Fsp3) is 0.900. The first kappa shape index (κ1) is 14.6. The lowest BCUT2D eigenvalue weighted by Crippen LogP contribution is -2.42. The summed E-state index contributed by atoms with van der Waals surface area (Å²) in [5, 5.41) is 3.09. The normalized spacial score (nSPS) is 26.1. The quantitative estimate of drug-likeness (QED) is 0.848. The van der Waals surface area contributed by atoms with Crippen LogP contribution < -0.4 is 5.32 Å². The highest BCUT2D eigenvalue weighted by atomic mass is 32.2. The van der Waals surface area contributed by atoms with Gasteiger partial charge in [0, 0.05) is 12.3 Å². The molecule has 1 rings (SSSR count). The van der Waals surface area contributed by atoms with Crippen LogP contribution in [-0.4, -0.2) is 40.8 Å². The molecule has 1 amide bonds. The molecule has 1 fully saturated rings. The van der Waals surface area contributed by atoms with Crippen molar-refractivity contribution in [3.63, 3.8) is 0 Å². The number of carbonyl (C=O) groups is 1. The van der Waals surface area contributed by atoms with Crippen LogP contribution in [0.2, 0.25) is 0 Å². The zero-order valence-electron chi connectivity index (χ0n) is 10.0. The Morgan fingerprint density at radius 1 is 1.47 bits per heavy atom. The largest absolute Gasteiger partial charge is 0.441 e. The van der Waals surface area contributed by atoms with Gasteiger partial charge < -0.3 is 4.90 Å². The van der Waals surface area contributed by atoms with E-state index in [1.165, 1.54) is 4.90 Å². The van der Waals surface area contributed by atoms with E-state index in [9.17, 15) is 18.0 Å². The van der Waals surface area contributed by atoms with E-state index in [4.69, 9.17) is 0 Å². The Kier molecular flexibility index (Phi) is 4.71. The fourth-order valence-electron chi connectivity index (χ4n) is 1.86. The molecular weight excluding hydrogens is 253 g/mol. The number of amides is 1. The SMILES string of the molecule is CC1NC(C(C)C)N(CCSC(F)(F)F)C1=O. The van der Waals surface area contributed by atoms with Crippen molar-refractivity contribution in [3.8, 4) is 0 Å². The number of hydrogen-bond acceptors (Lipinski definition) is 3. The average molecular weight is 270 g/mol. The minimum atomic E-state index is -4.23. The van der Waals surface area contributed by atoms with Crippen LogP contribution in [0.3, 0.4) is 0 Å². The summed E-state index contributed by atoms with van der Waals surface area (Å²) < 4.78 is 36.0. The molecule has 2 atom stereocenters. The van der Waals surface area contributed by atoms with Crippen LogP contribution >= 0.6 is 11.8 Å². The molecule has 1 N–H and O–H groups in total. The van der Waals surface area contributed by atoms with Gasteiger partial charge in [0.05, 0.1) is 12.2 Å². The molecule has 0 radical (unpaired) electrons. The van der Waals surface area contributed by atoms with Crippen LogP contribution in [0.1, 0.15) is 20.8 Å². The summed E-state index contributed by atoms with van der Waals surface area (Å²) in [5.74, 6) is -0.0568. The Labute approximate surface area is 103 Å². The van der Waals surface area contributed by atoms with Crippen molar-refractivity contribution in [2.75, 3.05) is 12.3 Å². The van der Waals surface area contributed by atoms with E-state index in [0.29, 0.717) is 0 Å². The maximum Gasteiger partial charge on any atom is 0.441 e. The molecular formula is C10H17F3N2OS. The minimum Gasteiger partial charge on any atom is -0.325 e. The summed E-state index contributed by atoms with van der Waals surface area (Å²) in [4.78, 5) is 13.3. The average Bonchev–Trinajstić information content (AvgIpc) is 2.44. The third kappa shape index (κ3) is 4.06. The molecule has 0 aliphatic carbocycles. The highest BCUT2D eigenvalue weighted by Gasteiger charge is 2.38. The monoisotopic (exact) mass is 270 g/mol. The number of hydrogen-bond donors (Lipinski definition) is 1. The molecule has 0 spiro atoms. The summed E-state index contributed by atoms with van der Waals surface area (Å²) >= 11 is -0.0842. The fourth-order valence-corrected chi connectivity index (χ4v) is 2.38. The number of thioether (sulfide) groups is 1. The van der Waals surface area contributed by atoms with Gasteiger partial charge in [-0.2, -0.15) is 13.2 Å². The van der Waals surface area contributed by atoms with Gasteiger partial charge in [-0.1, -0.05) is 13.8 Å². The first-order chi connectivity index (χ1) is 7.72. The van der Waals surface area contributed by atoms with Crippen LogP contribution in [0.25, 0.3) is 0 Å². The molecule has 3 nitrogen and oxygen atoms in total. The summed E-state index contributed by atoms with van der Waals surface area (Å²) in [5.41, 5.74) is -4.23. The zero-order valence-corrected chi connectivity index (χ0v) is 10.9. The predicted octanol–water partition coefficient (Wildman–Crippen LogP) is 2.04. The van der Waals surface area contributed by atoms with Gasteiger partial charge in [0.2, 0.25) is 5.91 Å². The van der Waals surface area contributed by atoms with Crippen LogP contribution in [0.4, 0.5) is 13.2 Å². The van der Waals surface area contributed by atoms with Gasteiger partial charge in [0.25, 0.3) is 0 Å². The first-order valence-corrected chi connectivity index (χ1v) is 6.48. The van der Waals surface area contributed by atoms with E-state index in [0.717, 1.165) is 0 Å². The van der Waals surface area contributed by atoms with Crippen molar-refractivity contribution in [2.24, 2.45) is 5.92 Å². The molecule has 0 aromatic carbocycles. The Bertz CT molecular complexity index is 283. The Morgan fingerprint density at radius 2 is 2.06 bits per heavy atom. The van der Waals surface area contributed by atoms with Crippen molar-refractivity contribution >= 4 is 17.7 Å². The third-order valence-corrected chi connectivity index (χ3v) is 3.35. The molecule has 0 aromatic heterocycles. The van der Waals surface area contributed by atoms with Gasteiger partial charge in [-0.25, -0.2) is 0 Å². The van der Waals surface area contributed by atoms with Crippen LogP contribution in [0.15, 0.2) is 0 Å². The smallest absolute Gasteiger partial charge is 0.325 e. The van der Waals surface area contributed by atoms with E-state index in [2.05, 4.69) is 5.32 Å². The highest BCUT2D eigenvalue weighted by molar-refractivity contribution is 8.00. The molecule has 0 bridgehead atoms. The van der Waals surface area contributed by atoms with Gasteiger partial charge in [0.1, 0.15) is 0 Å². The molecule has 7 heteroatoms. The molecule has 1 saturated heterocycles. The number of carbonyl (C=O) groups excluding carboxylic acids is 1. The van der Waals surface area contributed by atoms with Crippen molar-refractivity contribution in [1.29, 1.82) is 0 Å². The van der Waals surface area contributed by atoms with E-state index in [-0.39, 0.29) is 48.1 Å². The van der Waals surface area contributed by atoms with Crippen molar-refractivity contribution in [3.05, 3.63) is 0 Å². The molecule has 1 heterocycles. The van der Waals surface area contributed by atoms with E-state index >= 15 is 0 Å². The van der Waals surface area contributed by atoms with Gasteiger partial charge in [0.15, 0.2) is 0 Å². The summed E-state index contributed by atoms with van der Waals surface area (Å²) in [6.07, 6.45) is -0.161. The molecule has 0 aromatic rings. The molecule has 17 heavy (non-hydrogen) atoms. The lowest BCUT2D eigenvalue weighted by Gasteiger charge is -2.27. The lowest BCUT2D eigenvalue weighted by atomic mass is 10.1. The van der Waals surface area contributed by atoms with Crippen molar-refractivity contribution in [1.82, 2.24) is 10.2 Å². The maximum atomic E-state index is 12.0. The Morgan fingerprint density at radius 3 is 2.53 bits per heavy atom. The molecule has 1 aliphatic rings.